The fourth-order valence-corrected chi connectivity index (χ4v) is 4.95. The van der Waals surface area contributed by atoms with Gasteiger partial charge in [0, 0.05) is 13.1 Å². The van der Waals surface area contributed by atoms with E-state index >= 15 is 0 Å². The largest absolute Gasteiger partial charge is 0.469 e. The molecule has 0 bridgehead atoms. The first-order valence-electron chi connectivity index (χ1n) is 10.7. The van der Waals surface area contributed by atoms with E-state index in [0.29, 0.717) is 13.1 Å². The van der Waals surface area contributed by atoms with Gasteiger partial charge in [-0.05, 0) is 41.9 Å². The van der Waals surface area contributed by atoms with Gasteiger partial charge in [-0.1, -0.05) is 67.6 Å². The van der Waals surface area contributed by atoms with E-state index in [1.54, 1.807) is 4.31 Å². The van der Waals surface area contributed by atoms with Crippen LogP contribution in [0.15, 0.2) is 67.3 Å². The van der Waals surface area contributed by atoms with Crippen molar-refractivity contribution in [3.63, 3.8) is 0 Å². The van der Waals surface area contributed by atoms with Crippen molar-refractivity contribution in [1.82, 2.24) is 4.31 Å². The van der Waals surface area contributed by atoms with Crippen LogP contribution < -0.4 is 0 Å². The van der Waals surface area contributed by atoms with Crippen LogP contribution in [0.2, 0.25) is 0 Å². The SMILES string of the molecule is C=CCS(=O)(=O)N1CCCC(c2cccc(CC(=O)OC)c2)C1.CCc1ccccc1. The zero-order chi connectivity index (χ0) is 22.7. The number of benzene rings is 2. The number of nitrogens with zero attached hydrogens (tertiary/aromatic N) is 1. The molecular formula is C25H33NO4S. The van der Waals surface area contributed by atoms with E-state index in [4.69, 9.17) is 4.74 Å². The molecule has 1 aliphatic heterocycles. The van der Waals surface area contributed by atoms with Gasteiger partial charge >= 0.3 is 5.97 Å². The standard InChI is InChI=1S/C17H23NO4S.C8H10/c1-3-10-23(20,21)18-9-5-8-16(13-18)15-7-4-6-14(11-15)12-17(19)22-2;1-2-8-6-4-3-5-7-8/h3-4,6-7,11,16H,1,5,8-10,12-13H2,2H3;3-7H,2H2,1H3. The number of esters is 1. The second-order valence-electron chi connectivity index (χ2n) is 7.60. The van der Waals surface area contributed by atoms with Crippen LogP contribution in [-0.2, 0) is 32.4 Å². The summed E-state index contributed by atoms with van der Waals surface area (Å²) in [6, 6.07) is 18.2. The van der Waals surface area contributed by atoms with E-state index in [0.717, 1.165) is 30.4 Å². The number of rotatable bonds is 7. The number of carbonyl (C=O) groups is 1. The molecule has 31 heavy (non-hydrogen) atoms. The second-order valence-corrected chi connectivity index (χ2v) is 9.62. The van der Waals surface area contributed by atoms with Gasteiger partial charge in [0.2, 0.25) is 10.0 Å². The van der Waals surface area contributed by atoms with Gasteiger partial charge in [-0.15, -0.1) is 6.58 Å². The molecule has 1 unspecified atom stereocenters. The van der Waals surface area contributed by atoms with E-state index in [-0.39, 0.29) is 24.1 Å². The lowest BCUT2D eigenvalue weighted by Gasteiger charge is -2.32. The molecule has 0 amide bonds. The van der Waals surface area contributed by atoms with Crippen molar-refractivity contribution >= 4 is 16.0 Å². The van der Waals surface area contributed by atoms with Crippen molar-refractivity contribution in [2.45, 2.75) is 38.5 Å². The summed E-state index contributed by atoms with van der Waals surface area (Å²) in [4.78, 5) is 11.4. The number of hydrogen-bond acceptors (Lipinski definition) is 4. The van der Waals surface area contributed by atoms with Gasteiger partial charge < -0.3 is 4.74 Å². The fourth-order valence-electron chi connectivity index (χ4n) is 3.63. The average molecular weight is 444 g/mol. The summed E-state index contributed by atoms with van der Waals surface area (Å²) in [6.45, 7) is 6.73. The van der Waals surface area contributed by atoms with Crippen molar-refractivity contribution in [2.24, 2.45) is 0 Å². The number of sulfonamides is 1. The molecule has 0 saturated carbocycles. The van der Waals surface area contributed by atoms with E-state index < -0.39 is 10.0 Å². The second kappa shape index (κ2) is 12.4. The molecule has 168 valence electrons. The molecule has 0 radical (unpaired) electrons. The highest BCUT2D eigenvalue weighted by Gasteiger charge is 2.28. The maximum Gasteiger partial charge on any atom is 0.309 e. The van der Waals surface area contributed by atoms with Gasteiger partial charge in [-0.3, -0.25) is 4.79 Å². The number of ether oxygens (including phenoxy) is 1. The van der Waals surface area contributed by atoms with Crippen molar-refractivity contribution in [1.29, 1.82) is 0 Å². The van der Waals surface area contributed by atoms with E-state index in [9.17, 15) is 13.2 Å². The number of methoxy groups -OCH3 is 1. The van der Waals surface area contributed by atoms with Gasteiger partial charge in [-0.25, -0.2) is 12.7 Å². The third-order valence-corrected chi connectivity index (χ3v) is 7.13. The lowest BCUT2D eigenvalue weighted by Crippen LogP contribution is -2.40. The van der Waals surface area contributed by atoms with Gasteiger partial charge in [0.1, 0.15) is 0 Å². The first-order chi connectivity index (χ1) is 14.9. The van der Waals surface area contributed by atoms with E-state index in [1.807, 2.05) is 30.3 Å². The van der Waals surface area contributed by atoms with Crippen LogP contribution in [-0.4, -0.2) is 44.6 Å². The quantitative estimate of drug-likeness (QED) is 0.472. The monoisotopic (exact) mass is 443 g/mol. The molecule has 3 rings (SSSR count). The topological polar surface area (TPSA) is 63.7 Å². The molecule has 1 aliphatic rings. The van der Waals surface area contributed by atoms with Crippen molar-refractivity contribution in [3.8, 4) is 0 Å². The van der Waals surface area contributed by atoms with Crippen LogP contribution in [0.1, 0.15) is 42.4 Å². The summed E-state index contributed by atoms with van der Waals surface area (Å²) in [7, 11) is -1.90. The number of piperidine rings is 1. The fraction of sp³-hybridized carbons (Fsp3) is 0.400. The molecular weight excluding hydrogens is 410 g/mol. The zero-order valence-electron chi connectivity index (χ0n) is 18.5. The third-order valence-electron chi connectivity index (χ3n) is 5.36. The minimum atomic E-state index is -3.27. The minimum Gasteiger partial charge on any atom is -0.469 e. The lowest BCUT2D eigenvalue weighted by molar-refractivity contribution is -0.139. The van der Waals surface area contributed by atoms with Crippen LogP contribution in [0.3, 0.4) is 0 Å². The number of carbonyl (C=O) groups excluding carboxylic acids is 1. The molecule has 1 fully saturated rings. The van der Waals surface area contributed by atoms with E-state index in [1.165, 1.54) is 18.7 Å². The molecule has 0 aliphatic carbocycles. The molecule has 2 aromatic rings. The minimum absolute atomic E-state index is 0.0257. The van der Waals surface area contributed by atoms with Gasteiger partial charge in [-0.2, -0.15) is 0 Å². The molecule has 0 N–H and O–H groups in total. The highest BCUT2D eigenvalue weighted by molar-refractivity contribution is 7.89. The Morgan fingerprint density at radius 2 is 1.87 bits per heavy atom. The molecule has 1 heterocycles. The smallest absolute Gasteiger partial charge is 0.309 e. The highest BCUT2D eigenvalue weighted by atomic mass is 32.2. The Labute approximate surface area is 186 Å². The summed E-state index contributed by atoms with van der Waals surface area (Å²) in [6.07, 6.45) is 4.58. The molecule has 2 aromatic carbocycles. The number of hydrogen-bond donors (Lipinski definition) is 0. The summed E-state index contributed by atoms with van der Waals surface area (Å²) in [5.41, 5.74) is 3.37. The average Bonchev–Trinajstić information content (AvgIpc) is 2.80. The zero-order valence-corrected chi connectivity index (χ0v) is 19.3. The van der Waals surface area contributed by atoms with Crippen LogP contribution in [0.25, 0.3) is 0 Å². The van der Waals surface area contributed by atoms with Crippen LogP contribution in [0.4, 0.5) is 0 Å². The van der Waals surface area contributed by atoms with Crippen molar-refractivity contribution in [2.75, 3.05) is 26.0 Å². The Hall–Kier alpha value is -2.44. The normalized spacial score (nSPS) is 16.6. The molecule has 6 heteroatoms. The molecule has 1 atom stereocenters. The molecule has 5 nitrogen and oxygen atoms in total. The Morgan fingerprint density at radius 3 is 2.48 bits per heavy atom. The van der Waals surface area contributed by atoms with Crippen LogP contribution in [0, 0.1) is 0 Å². The molecule has 1 saturated heterocycles. The lowest BCUT2D eigenvalue weighted by atomic mass is 9.90. The predicted octanol–water partition coefficient (Wildman–Crippen LogP) is 4.35. The van der Waals surface area contributed by atoms with Gasteiger partial charge in [0.05, 0.1) is 19.3 Å². The summed E-state index contributed by atoms with van der Waals surface area (Å²) >= 11 is 0. The molecule has 0 spiro atoms. The summed E-state index contributed by atoms with van der Waals surface area (Å²) < 4.78 is 30.7. The Bertz CT molecular complexity index is 941. The van der Waals surface area contributed by atoms with Gasteiger partial charge in [0.25, 0.3) is 0 Å². The predicted molar refractivity (Wildman–Crippen MR) is 126 cm³/mol. The Morgan fingerprint density at radius 1 is 1.16 bits per heavy atom. The van der Waals surface area contributed by atoms with Gasteiger partial charge in [0.15, 0.2) is 0 Å². The Kier molecular flexibility index (Phi) is 9.95. The van der Waals surface area contributed by atoms with Crippen molar-refractivity contribution < 1.29 is 17.9 Å². The van der Waals surface area contributed by atoms with E-state index in [2.05, 4.69) is 37.8 Å². The maximum absolute atomic E-state index is 12.2. The maximum atomic E-state index is 12.2. The Balaban J connectivity index is 0.000000357. The first-order valence-corrected chi connectivity index (χ1v) is 12.3. The van der Waals surface area contributed by atoms with Crippen LogP contribution >= 0.6 is 0 Å². The molecule has 0 aromatic heterocycles. The first kappa shape index (κ1) is 24.8. The number of aryl methyl sites for hydroxylation is 1. The highest BCUT2D eigenvalue weighted by Crippen LogP contribution is 2.29. The summed E-state index contributed by atoms with van der Waals surface area (Å²) in [5.74, 6) is -0.149. The van der Waals surface area contributed by atoms with Crippen molar-refractivity contribution in [3.05, 3.63) is 83.9 Å². The third kappa shape index (κ3) is 7.96. The van der Waals surface area contributed by atoms with Crippen LogP contribution in [0.5, 0.6) is 0 Å². The summed E-state index contributed by atoms with van der Waals surface area (Å²) in [5, 5.41) is 0.